The number of hydrogen-bond donors (Lipinski definition) is 3. The number of para-hydroxylation sites is 1. The molecule has 2 aromatic heterocycles. The topological polar surface area (TPSA) is 99.8 Å². The molecule has 0 unspecified atom stereocenters. The van der Waals surface area contributed by atoms with Gasteiger partial charge >= 0.3 is 0 Å². The molecule has 1 aromatic carbocycles. The van der Waals surface area contributed by atoms with Gasteiger partial charge in [-0.3, -0.25) is 14.7 Å². The average Bonchev–Trinajstić information content (AvgIpc) is 3.34. The summed E-state index contributed by atoms with van der Waals surface area (Å²) in [7, 11) is 0. The van der Waals surface area contributed by atoms with Crippen LogP contribution in [0, 0.1) is 0 Å². The molecule has 0 atom stereocenters. The van der Waals surface area contributed by atoms with E-state index in [2.05, 4.69) is 25.8 Å². The number of nitrogens with zero attached hydrogens (tertiary/aromatic N) is 2. The van der Waals surface area contributed by atoms with Crippen LogP contribution in [0.4, 0.5) is 10.7 Å². The molecule has 0 fully saturated rings. The van der Waals surface area contributed by atoms with Crippen molar-refractivity contribution in [3.8, 4) is 0 Å². The van der Waals surface area contributed by atoms with Gasteiger partial charge in [0, 0.05) is 10.6 Å². The molecule has 3 aromatic rings. The third kappa shape index (κ3) is 4.26. The van der Waals surface area contributed by atoms with Gasteiger partial charge in [-0.2, -0.15) is 5.10 Å². The quantitative estimate of drug-likeness (QED) is 0.535. The summed E-state index contributed by atoms with van der Waals surface area (Å²) in [5, 5.41) is 13.6. The summed E-state index contributed by atoms with van der Waals surface area (Å²) in [6.45, 7) is 0. The molecule has 0 saturated carbocycles. The molecule has 0 radical (unpaired) electrons. The monoisotopic (exact) mass is 413 g/mol. The molecule has 2 amide bonds. The van der Waals surface area contributed by atoms with E-state index in [4.69, 9.17) is 0 Å². The molecular weight excluding hydrogens is 394 g/mol. The predicted molar refractivity (Wildman–Crippen MR) is 111 cm³/mol. The lowest BCUT2D eigenvalue weighted by Gasteiger charge is -2.13. The summed E-state index contributed by atoms with van der Waals surface area (Å²) >= 11 is 2.78. The van der Waals surface area contributed by atoms with Crippen molar-refractivity contribution in [3.05, 3.63) is 52.7 Å². The van der Waals surface area contributed by atoms with Crippen molar-refractivity contribution in [2.75, 3.05) is 16.4 Å². The van der Waals surface area contributed by atoms with Crippen molar-refractivity contribution in [2.45, 2.75) is 30.8 Å². The van der Waals surface area contributed by atoms with Crippen LogP contribution in [0.15, 0.2) is 41.8 Å². The number of H-pyrrole nitrogens is 1. The van der Waals surface area contributed by atoms with Crippen LogP contribution in [0.3, 0.4) is 0 Å². The summed E-state index contributed by atoms with van der Waals surface area (Å²) in [4.78, 5) is 30.6. The predicted octanol–water partition coefficient (Wildman–Crippen LogP) is 3.73. The smallest absolute Gasteiger partial charge is 0.258 e. The van der Waals surface area contributed by atoms with Gasteiger partial charge in [-0.25, -0.2) is 4.98 Å². The molecule has 4 rings (SSSR count). The number of benzene rings is 1. The Morgan fingerprint density at radius 3 is 2.75 bits per heavy atom. The van der Waals surface area contributed by atoms with Gasteiger partial charge < -0.3 is 10.6 Å². The normalized spacial score (nSPS) is 13.0. The molecule has 9 heteroatoms. The zero-order valence-corrected chi connectivity index (χ0v) is 16.7. The highest BCUT2D eigenvalue weighted by molar-refractivity contribution is 7.99. The fourth-order valence-electron chi connectivity index (χ4n) is 3.17. The van der Waals surface area contributed by atoms with Gasteiger partial charge in [0.1, 0.15) is 11.3 Å². The number of aromatic nitrogens is 3. The van der Waals surface area contributed by atoms with Crippen LogP contribution < -0.4 is 10.6 Å². The van der Waals surface area contributed by atoms with Crippen molar-refractivity contribution < 1.29 is 9.59 Å². The molecule has 3 N–H and O–H groups in total. The first-order chi connectivity index (χ1) is 13.7. The summed E-state index contributed by atoms with van der Waals surface area (Å²) in [6, 6.07) is 9.36. The highest BCUT2D eigenvalue weighted by atomic mass is 32.2. The first-order valence-electron chi connectivity index (χ1n) is 8.99. The van der Waals surface area contributed by atoms with Crippen LogP contribution in [0.2, 0.25) is 0 Å². The van der Waals surface area contributed by atoms with Crippen LogP contribution in [0.1, 0.15) is 33.6 Å². The van der Waals surface area contributed by atoms with Gasteiger partial charge in [-0.05, 0) is 43.4 Å². The van der Waals surface area contributed by atoms with E-state index >= 15 is 0 Å². The van der Waals surface area contributed by atoms with E-state index < -0.39 is 0 Å². The Morgan fingerprint density at radius 2 is 1.96 bits per heavy atom. The Kier molecular flexibility index (Phi) is 5.73. The van der Waals surface area contributed by atoms with Crippen molar-refractivity contribution in [2.24, 2.45) is 0 Å². The molecule has 2 heterocycles. The van der Waals surface area contributed by atoms with Crippen LogP contribution in [0.25, 0.3) is 0 Å². The maximum Gasteiger partial charge on any atom is 0.258 e. The number of amides is 2. The molecule has 0 aliphatic heterocycles. The Labute approximate surface area is 170 Å². The van der Waals surface area contributed by atoms with Crippen LogP contribution >= 0.6 is 23.1 Å². The molecule has 1 aliphatic carbocycles. The largest absolute Gasteiger partial charge is 0.322 e. The SMILES string of the molecule is O=C(CSc1ncn[nH]1)Nc1sc2c(c1C(=O)Nc1ccccc1)CCCC2. The van der Waals surface area contributed by atoms with E-state index in [1.54, 1.807) is 0 Å². The molecule has 144 valence electrons. The van der Waals surface area contributed by atoms with E-state index in [1.165, 1.54) is 34.3 Å². The number of anilines is 2. The number of aromatic amines is 1. The van der Waals surface area contributed by atoms with Gasteiger partial charge in [-0.1, -0.05) is 30.0 Å². The van der Waals surface area contributed by atoms with E-state index in [0.717, 1.165) is 36.9 Å². The van der Waals surface area contributed by atoms with Crippen molar-refractivity contribution in [1.82, 2.24) is 15.2 Å². The zero-order chi connectivity index (χ0) is 19.3. The Hall–Kier alpha value is -2.65. The molecule has 7 nitrogen and oxygen atoms in total. The Balaban J connectivity index is 1.53. The number of rotatable bonds is 6. The summed E-state index contributed by atoms with van der Waals surface area (Å²) in [5.41, 5.74) is 2.41. The van der Waals surface area contributed by atoms with Gasteiger partial charge in [0.2, 0.25) is 5.91 Å². The minimum absolute atomic E-state index is 0.172. The van der Waals surface area contributed by atoms with Crippen molar-refractivity contribution >= 4 is 45.6 Å². The van der Waals surface area contributed by atoms with Gasteiger partial charge in [-0.15, -0.1) is 11.3 Å². The summed E-state index contributed by atoms with van der Waals surface area (Å²) in [5.74, 6) is -0.158. The van der Waals surface area contributed by atoms with Gasteiger partial charge in [0.15, 0.2) is 5.16 Å². The Morgan fingerprint density at radius 1 is 1.14 bits per heavy atom. The third-order valence-corrected chi connectivity index (χ3v) is 6.50. The second kappa shape index (κ2) is 8.57. The van der Waals surface area contributed by atoms with E-state index in [9.17, 15) is 9.59 Å². The lowest BCUT2D eigenvalue weighted by molar-refractivity contribution is -0.113. The number of fused-ring (bicyclic) bond motifs is 1. The average molecular weight is 414 g/mol. The summed E-state index contributed by atoms with van der Waals surface area (Å²) < 4.78 is 0. The third-order valence-electron chi connectivity index (χ3n) is 4.42. The van der Waals surface area contributed by atoms with Gasteiger partial charge in [0.05, 0.1) is 11.3 Å². The second-order valence-corrected chi connectivity index (χ2v) is 8.43. The highest BCUT2D eigenvalue weighted by Crippen LogP contribution is 2.38. The molecule has 0 saturated heterocycles. The minimum atomic E-state index is -0.177. The highest BCUT2D eigenvalue weighted by Gasteiger charge is 2.26. The number of aryl methyl sites for hydroxylation is 1. The number of nitrogens with one attached hydrogen (secondary N) is 3. The molecule has 28 heavy (non-hydrogen) atoms. The fraction of sp³-hybridized carbons (Fsp3) is 0.263. The number of thioether (sulfide) groups is 1. The standard InChI is InChI=1S/C19H19N5O2S2/c25-15(10-27-19-20-11-21-24-19)23-18-16(13-8-4-5-9-14(13)28-18)17(26)22-12-6-2-1-3-7-12/h1-3,6-7,11H,4-5,8-10H2,(H,22,26)(H,23,25)(H,20,21,24). The second-order valence-electron chi connectivity index (χ2n) is 6.36. The molecule has 0 spiro atoms. The first-order valence-corrected chi connectivity index (χ1v) is 10.8. The van der Waals surface area contributed by atoms with Crippen molar-refractivity contribution in [3.63, 3.8) is 0 Å². The van der Waals surface area contributed by atoms with Crippen LogP contribution in [-0.2, 0) is 17.6 Å². The maximum atomic E-state index is 13.0. The lowest BCUT2D eigenvalue weighted by Crippen LogP contribution is -2.19. The number of thiophene rings is 1. The minimum Gasteiger partial charge on any atom is -0.322 e. The van der Waals surface area contributed by atoms with E-state index in [-0.39, 0.29) is 17.6 Å². The van der Waals surface area contributed by atoms with Crippen LogP contribution in [-0.4, -0.2) is 32.7 Å². The lowest BCUT2D eigenvalue weighted by atomic mass is 9.95. The number of carbonyl (C=O) groups is 2. The van der Waals surface area contributed by atoms with E-state index in [0.29, 0.717) is 15.7 Å². The van der Waals surface area contributed by atoms with Crippen LogP contribution in [0.5, 0.6) is 0 Å². The zero-order valence-electron chi connectivity index (χ0n) is 15.0. The maximum absolute atomic E-state index is 13.0. The van der Waals surface area contributed by atoms with Crippen molar-refractivity contribution in [1.29, 1.82) is 0 Å². The van der Waals surface area contributed by atoms with Gasteiger partial charge in [0.25, 0.3) is 5.91 Å². The summed E-state index contributed by atoms with van der Waals surface area (Å²) in [6.07, 6.45) is 5.39. The number of carbonyl (C=O) groups excluding carboxylic acids is 2. The first kappa shape index (κ1) is 18.7. The number of hydrogen-bond acceptors (Lipinski definition) is 6. The fourth-order valence-corrected chi connectivity index (χ4v) is 5.05. The molecule has 1 aliphatic rings. The van der Waals surface area contributed by atoms with E-state index in [1.807, 2.05) is 30.3 Å². The molecular formula is C19H19N5O2S2. The Bertz CT molecular complexity index is 970. The molecule has 0 bridgehead atoms.